The fourth-order valence-electron chi connectivity index (χ4n) is 1.05. The molecule has 0 radical (unpaired) electrons. The number of rotatable bonds is 7. The van der Waals surface area contributed by atoms with E-state index < -0.39 is 5.97 Å². The molecule has 0 heterocycles. The van der Waals surface area contributed by atoms with E-state index in [0.717, 1.165) is 18.4 Å². The first-order valence-corrected chi connectivity index (χ1v) is 5.69. The molecule has 0 saturated heterocycles. The van der Waals surface area contributed by atoms with Crippen LogP contribution >= 0.6 is 0 Å². The number of hydrogen-bond acceptors (Lipinski definition) is 3. The van der Waals surface area contributed by atoms with Gasteiger partial charge in [-0.05, 0) is 25.3 Å². The Labute approximate surface area is 109 Å². The molecular weight excluding hydrogens is 228 g/mol. The van der Waals surface area contributed by atoms with Crippen molar-refractivity contribution in [2.75, 3.05) is 13.2 Å². The Bertz CT molecular complexity index is 400. The normalized spacial score (nSPS) is 10.4. The molecule has 0 bridgehead atoms. The van der Waals surface area contributed by atoms with Gasteiger partial charge in [-0.1, -0.05) is 24.0 Å². The summed E-state index contributed by atoms with van der Waals surface area (Å²) >= 11 is 0. The molecule has 0 aromatic heterocycles. The summed E-state index contributed by atoms with van der Waals surface area (Å²) in [5.41, 5.74) is 0.825. The summed E-state index contributed by atoms with van der Waals surface area (Å²) in [6, 6.07) is 0. The van der Waals surface area contributed by atoms with Gasteiger partial charge in [-0.3, -0.25) is 0 Å². The average Bonchev–Trinajstić information content (AvgIpc) is 2.35. The Hall–Kier alpha value is -2.13. The van der Waals surface area contributed by atoms with Gasteiger partial charge in [0.2, 0.25) is 0 Å². The highest BCUT2D eigenvalue weighted by Gasteiger charge is 1.95. The molecule has 96 valence electrons. The number of hydrogen-bond donors (Lipinski definition) is 0. The third-order valence-corrected chi connectivity index (χ3v) is 1.82. The van der Waals surface area contributed by atoms with E-state index in [2.05, 4.69) is 17.9 Å². The molecule has 0 saturated carbocycles. The van der Waals surface area contributed by atoms with Gasteiger partial charge in [0.1, 0.15) is 12.7 Å². The second-order valence-electron chi connectivity index (χ2n) is 3.45. The highest BCUT2D eigenvalue weighted by atomic mass is 16.5. The summed E-state index contributed by atoms with van der Waals surface area (Å²) < 4.78 is 9.71. The summed E-state index contributed by atoms with van der Waals surface area (Å²) in [6.07, 6.45) is 14.5. The zero-order valence-corrected chi connectivity index (χ0v) is 10.9. The highest BCUT2D eigenvalue weighted by Crippen LogP contribution is 1.99. The van der Waals surface area contributed by atoms with Crippen LogP contribution in [0.2, 0.25) is 0 Å². The van der Waals surface area contributed by atoms with Gasteiger partial charge in [-0.2, -0.15) is 0 Å². The maximum absolute atomic E-state index is 11.2. The zero-order chi connectivity index (χ0) is 13.6. The van der Waals surface area contributed by atoms with E-state index in [1.807, 2.05) is 19.1 Å². The molecule has 0 N–H and O–H groups in total. The molecule has 0 spiro atoms. The van der Waals surface area contributed by atoms with Crippen molar-refractivity contribution in [1.82, 2.24) is 0 Å². The van der Waals surface area contributed by atoms with E-state index >= 15 is 0 Å². The van der Waals surface area contributed by atoms with Gasteiger partial charge in [-0.15, -0.1) is 6.42 Å². The average molecular weight is 246 g/mol. The van der Waals surface area contributed by atoms with E-state index in [1.165, 1.54) is 6.08 Å². The van der Waals surface area contributed by atoms with E-state index in [1.54, 1.807) is 6.92 Å². The number of carbonyl (C=O) groups excluding carboxylic acids is 1. The first-order valence-electron chi connectivity index (χ1n) is 5.69. The van der Waals surface area contributed by atoms with Crippen LogP contribution in [0.5, 0.6) is 0 Å². The standard InChI is InChI=1S/C15H18O3/c1-4-10-17-12-8-6-7-9-14(3)13-15(16)18-11-5-2/h2,7,9,13H,6,8,11-12H2,1,3H3. The molecule has 0 aromatic rings. The Morgan fingerprint density at radius 1 is 1.44 bits per heavy atom. The third kappa shape index (κ3) is 10.4. The van der Waals surface area contributed by atoms with Crippen LogP contribution in [0.3, 0.4) is 0 Å². The topological polar surface area (TPSA) is 35.5 Å². The van der Waals surface area contributed by atoms with Gasteiger partial charge < -0.3 is 9.47 Å². The largest absolute Gasteiger partial charge is 0.449 e. The molecular formula is C15H18O3. The van der Waals surface area contributed by atoms with Crippen LogP contribution in [0, 0.1) is 24.4 Å². The molecule has 18 heavy (non-hydrogen) atoms. The van der Waals surface area contributed by atoms with Crippen molar-refractivity contribution < 1.29 is 14.3 Å². The van der Waals surface area contributed by atoms with Gasteiger partial charge in [0, 0.05) is 13.0 Å². The molecule has 0 unspecified atom stereocenters. The molecule has 0 aliphatic carbocycles. The molecule has 3 heteroatoms. The quantitative estimate of drug-likeness (QED) is 0.227. The molecule has 3 nitrogen and oxygen atoms in total. The Morgan fingerprint density at radius 3 is 2.89 bits per heavy atom. The van der Waals surface area contributed by atoms with Crippen LogP contribution in [-0.4, -0.2) is 19.2 Å². The predicted molar refractivity (Wildman–Crippen MR) is 71.3 cm³/mol. The second kappa shape index (κ2) is 11.4. The van der Waals surface area contributed by atoms with Gasteiger partial charge >= 0.3 is 5.97 Å². The molecule has 0 fully saturated rings. The number of unbranched alkanes of at least 4 members (excludes halogenated alkanes) is 1. The van der Waals surface area contributed by atoms with E-state index in [-0.39, 0.29) is 6.61 Å². The first-order chi connectivity index (χ1) is 8.70. The highest BCUT2D eigenvalue weighted by molar-refractivity contribution is 5.83. The van der Waals surface area contributed by atoms with Gasteiger partial charge in [0.25, 0.3) is 0 Å². The lowest BCUT2D eigenvalue weighted by molar-refractivity contribution is -0.136. The summed E-state index contributed by atoms with van der Waals surface area (Å²) in [5.74, 6) is 4.46. The van der Waals surface area contributed by atoms with E-state index in [0.29, 0.717) is 6.61 Å². The Balaban J connectivity index is 3.81. The fraction of sp³-hybridized carbons (Fsp3) is 0.400. The summed E-state index contributed by atoms with van der Waals surface area (Å²) in [6.45, 7) is 4.17. The summed E-state index contributed by atoms with van der Waals surface area (Å²) in [4.78, 5) is 11.2. The van der Waals surface area contributed by atoms with Crippen molar-refractivity contribution in [1.29, 1.82) is 0 Å². The van der Waals surface area contributed by atoms with Crippen molar-refractivity contribution in [3.63, 3.8) is 0 Å². The predicted octanol–water partition coefficient (Wildman–Crippen LogP) is 2.44. The van der Waals surface area contributed by atoms with Crippen LogP contribution in [0.25, 0.3) is 0 Å². The van der Waals surface area contributed by atoms with E-state index in [9.17, 15) is 4.79 Å². The van der Waals surface area contributed by atoms with Gasteiger partial charge in [0.05, 0.1) is 0 Å². The number of esters is 1. The van der Waals surface area contributed by atoms with Crippen LogP contribution in [0.4, 0.5) is 0 Å². The molecule has 0 aliphatic heterocycles. The molecule has 0 atom stereocenters. The summed E-state index contributed by atoms with van der Waals surface area (Å²) in [5, 5.41) is 0. The summed E-state index contributed by atoms with van der Waals surface area (Å²) in [7, 11) is 0. The van der Waals surface area contributed by atoms with Crippen molar-refractivity contribution in [2.24, 2.45) is 0 Å². The Morgan fingerprint density at radius 2 is 2.22 bits per heavy atom. The number of allylic oxidation sites excluding steroid dienone is 3. The third-order valence-electron chi connectivity index (χ3n) is 1.82. The van der Waals surface area contributed by atoms with Crippen LogP contribution in [0.15, 0.2) is 23.8 Å². The molecule has 0 aromatic carbocycles. The van der Waals surface area contributed by atoms with Crippen LogP contribution in [-0.2, 0) is 14.3 Å². The maximum atomic E-state index is 11.2. The lowest BCUT2D eigenvalue weighted by Crippen LogP contribution is -2.00. The minimum Gasteiger partial charge on any atom is -0.449 e. The number of terminal acetylenes is 1. The maximum Gasteiger partial charge on any atom is 0.331 e. The lowest BCUT2D eigenvalue weighted by Gasteiger charge is -1.96. The van der Waals surface area contributed by atoms with Crippen LogP contribution in [0.1, 0.15) is 26.7 Å². The van der Waals surface area contributed by atoms with Crippen molar-refractivity contribution in [3.05, 3.63) is 23.8 Å². The fourth-order valence-corrected chi connectivity index (χ4v) is 1.05. The monoisotopic (exact) mass is 246 g/mol. The van der Waals surface area contributed by atoms with Gasteiger partial charge in [-0.25, -0.2) is 4.79 Å². The van der Waals surface area contributed by atoms with Crippen molar-refractivity contribution in [2.45, 2.75) is 26.7 Å². The number of carbonyl (C=O) groups is 1. The minimum atomic E-state index is -0.420. The molecule has 0 aliphatic rings. The lowest BCUT2D eigenvalue weighted by atomic mass is 10.2. The second-order valence-corrected chi connectivity index (χ2v) is 3.45. The minimum absolute atomic E-state index is 0.00211. The Kier molecular flexibility index (Phi) is 10.0. The first kappa shape index (κ1) is 15.9. The smallest absolute Gasteiger partial charge is 0.331 e. The van der Waals surface area contributed by atoms with Crippen molar-refractivity contribution in [3.8, 4) is 24.4 Å². The van der Waals surface area contributed by atoms with Crippen molar-refractivity contribution >= 4 is 5.97 Å². The SMILES string of the molecule is C#CCOC(=O)C=C(C)C=CCCCOC#CC. The zero-order valence-electron chi connectivity index (χ0n) is 10.9. The molecule has 0 amide bonds. The van der Waals surface area contributed by atoms with Crippen LogP contribution < -0.4 is 0 Å². The van der Waals surface area contributed by atoms with E-state index in [4.69, 9.17) is 15.9 Å². The number of ether oxygens (including phenoxy) is 2. The van der Waals surface area contributed by atoms with Gasteiger partial charge in [0.15, 0.2) is 6.61 Å². The molecule has 0 rings (SSSR count).